The number of Topliss-reactive ketones (excluding diaryl/α,β-unsaturated/α-hetero) is 1. The molecule has 0 radical (unpaired) electrons. The topological polar surface area (TPSA) is 54.5 Å². The lowest BCUT2D eigenvalue weighted by Crippen LogP contribution is -2.28. The van der Waals surface area contributed by atoms with Crippen LogP contribution in [0.2, 0.25) is 10.0 Å². The molecule has 1 aromatic rings. The first-order valence-electron chi connectivity index (χ1n) is 6.16. The largest absolute Gasteiger partial charge is 0.300 e. The molecule has 112 valence electrons. The van der Waals surface area contributed by atoms with Crippen LogP contribution in [0.25, 0.3) is 0 Å². The van der Waals surface area contributed by atoms with E-state index in [0.29, 0.717) is 25.8 Å². The Morgan fingerprint density at radius 1 is 1.20 bits per heavy atom. The minimum Gasteiger partial charge on any atom is -0.300 e. The molecule has 0 aliphatic rings. The second-order valence-corrected chi connectivity index (χ2v) is 7.33. The maximum Gasteiger partial charge on any atom is 0.245 e. The molecule has 0 atom stereocenters. The molecular weight excluding hydrogens is 321 g/mol. The molecule has 1 aromatic carbocycles. The third-order valence-corrected chi connectivity index (χ3v) is 5.65. The zero-order valence-corrected chi connectivity index (χ0v) is 13.7. The lowest BCUT2D eigenvalue weighted by atomic mass is 10.2. The molecule has 0 amide bonds. The van der Waals surface area contributed by atoms with Crippen LogP contribution in [0.3, 0.4) is 0 Å². The van der Waals surface area contributed by atoms with Crippen molar-refractivity contribution in [1.29, 1.82) is 0 Å². The maximum atomic E-state index is 12.4. The lowest BCUT2D eigenvalue weighted by molar-refractivity contribution is -0.117. The standard InChI is InChI=1S/C13H17Cl2NO3S/c1-10(17)6-3-4-9-16(2)20(18,19)13-11(14)7-5-8-12(13)15/h5,7-8H,3-4,6,9H2,1-2H3. The van der Waals surface area contributed by atoms with Crippen molar-refractivity contribution < 1.29 is 13.2 Å². The number of sulfonamides is 1. The van der Waals surface area contributed by atoms with Crippen LogP contribution in [0.4, 0.5) is 0 Å². The van der Waals surface area contributed by atoms with Gasteiger partial charge in [0.2, 0.25) is 10.0 Å². The van der Waals surface area contributed by atoms with Crippen LogP contribution in [0, 0.1) is 0 Å². The number of nitrogens with zero attached hydrogens (tertiary/aromatic N) is 1. The van der Waals surface area contributed by atoms with E-state index in [4.69, 9.17) is 23.2 Å². The first-order chi connectivity index (χ1) is 9.26. The second kappa shape index (κ2) is 7.41. The van der Waals surface area contributed by atoms with Crippen molar-refractivity contribution in [2.75, 3.05) is 13.6 Å². The zero-order valence-electron chi connectivity index (χ0n) is 11.4. The molecule has 0 spiro atoms. The van der Waals surface area contributed by atoms with Crippen molar-refractivity contribution in [3.8, 4) is 0 Å². The summed E-state index contributed by atoms with van der Waals surface area (Å²) in [5.41, 5.74) is 0. The predicted molar refractivity (Wildman–Crippen MR) is 80.8 cm³/mol. The van der Waals surface area contributed by atoms with E-state index < -0.39 is 10.0 Å². The molecule has 0 N–H and O–H groups in total. The molecule has 0 saturated heterocycles. The van der Waals surface area contributed by atoms with Gasteiger partial charge in [-0.05, 0) is 31.9 Å². The number of hydrogen-bond acceptors (Lipinski definition) is 3. The van der Waals surface area contributed by atoms with Gasteiger partial charge in [-0.2, -0.15) is 0 Å². The van der Waals surface area contributed by atoms with Gasteiger partial charge in [0, 0.05) is 20.0 Å². The Morgan fingerprint density at radius 2 is 1.75 bits per heavy atom. The molecule has 0 aliphatic carbocycles. The smallest absolute Gasteiger partial charge is 0.245 e. The van der Waals surface area contributed by atoms with E-state index in [2.05, 4.69) is 0 Å². The third kappa shape index (κ3) is 4.45. The van der Waals surface area contributed by atoms with Gasteiger partial charge in [-0.1, -0.05) is 29.3 Å². The summed E-state index contributed by atoms with van der Waals surface area (Å²) >= 11 is 11.9. The Kier molecular flexibility index (Phi) is 6.45. The summed E-state index contributed by atoms with van der Waals surface area (Å²) in [4.78, 5) is 10.8. The number of rotatable bonds is 7. The fraction of sp³-hybridized carbons (Fsp3) is 0.462. The number of ketones is 1. The van der Waals surface area contributed by atoms with Crippen molar-refractivity contribution >= 4 is 39.0 Å². The first kappa shape index (κ1) is 17.4. The van der Waals surface area contributed by atoms with Gasteiger partial charge in [-0.3, -0.25) is 0 Å². The van der Waals surface area contributed by atoms with Gasteiger partial charge in [0.05, 0.1) is 10.0 Å². The molecule has 0 bridgehead atoms. The molecule has 0 aromatic heterocycles. The highest BCUT2D eigenvalue weighted by atomic mass is 35.5. The van der Waals surface area contributed by atoms with Gasteiger partial charge in [-0.15, -0.1) is 0 Å². The Labute approximate surface area is 129 Å². The molecule has 0 aliphatic heterocycles. The van der Waals surface area contributed by atoms with Crippen LogP contribution in [-0.4, -0.2) is 32.1 Å². The average molecular weight is 338 g/mol. The summed E-state index contributed by atoms with van der Waals surface area (Å²) in [6.07, 6.45) is 1.73. The lowest BCUT2D eigenvalue weighted by Gasteiger charge is -2.18. The van der Waals surface area contributed by atoms with E-state index in [1.54, 1.807) is 6.07 Å². The Bertz CT molecular complexity index is 567. The zero-order chi connectivity index (χ0) is 15.3. The quantitative estimate of drug-likeness (QED) is 0.716. The maximum absolute atomic E-state index is 12.4. The molecule has 0 fully saturated rings. The Balaban J connectivity index is 2.80. The van der Waals surface area contributed by atoms with Crippen LogP contribution in [0.15, 0.2) is 23.1 Å². The normalized spacial score (nSPS) is 11.8. The molecule has 4 nitrogen and oxygen atoms in total. The highest BCUT2D eigenvalue weighted by Gasteiger charge is 2.25. The number of carbonyl (C=O) groups excluding carboxylic acids is 1. The number of benzene rings is 1. The number of carbonyl (C=O) groups is 1. The summed E-state index contributed by atoms with van der Waals surface area (Å²) in [5.74, 6) is 0.102. The summed E-state index contributed by atoms with van der Waals surface area (Å²) in [7, 11) is -2.24. The van der Waals surface area contributed by atoms with Crippen LogP contribution in [0.1, 0.15) is 26.2 Å². The number of halogens is 2. The molecule has 0 heterocycles. The minimum absolute atomic E-state index is 0.0719. The van der Waals surface area contributed by atoms with Crippen molar-refractivity contribution in [3.05, 3.63) is 28.2 Å². The highest BCUT2D eigenvalue weighted by Crippen LogP contribution is 2.31. The monoisotopic (exact) mass is 337 g/mol. The van der Waals surface area contributed by atoms with Gasteiger partial charge in [0.1, 0.15) is 10.7 Å². The van der Waals surface area contributed by atoms with E-state index >= 15 is 0 Å². The van der Waals surface area contributed by atoms with Gasteiger partial charge < -0.3 is 4.79 Å². The summed E-state index contributed by atoms with van der Waals surface area (Å²) in [6.45, 7) is 1.83. The Morgan fingerprint density at radius 3 is 2.25 bits per heavy atom. The van der Waals surface area contributed by atoms with E-state index in [-0.39, 0.29) is 20.7 Å². The van der Waals surface area contributed by atoms with Gasteiger partial charge in [-0.25, -0.2) is 12.7 Å². The van der Waals surface area contributed by atoms with Gasteiger partial charge in [0.25, 0.3) is 0 Å². The van der Waals surface area contributed by atoms with E-state index in [9.17, 15) is 13.2 Å². The van der Waals surface area contributed by atoms with E-state index in [1.165, 1.54) is 30.4 Å². The molecule has 20 heavy (non-hydrogen) atoms. The van der Waals surface area contributed by atoms with E-state index in [0.717, 1.165) is 0 Å². The van der Waals surface area contributed by atoms with Crippen molar-refractivity contribution in [1.82, 2.24) is 4.31 Å². The average Bonchev–Trinajstić information content (AvgIpc) is 2.33. The van der Waals surface area contributed by atoms with Crippen LogP contribution >= 0.6 is 23.2 Å². The summed E-state index contributed by atoms with van der Waals surface area (Å²) in [5, 5.41) is 0.209. The minimum atomic E-state index is -3.72. The second-order valence-electron chi connectivity index (χ2n) is 4.54. The van der Waals surface area contributed by atoms with Crippen molar-refractivity contribution in [3.63, 3.8) is 0 Å². The summed E-state index contributed by atoms with van der Waals surface area (Å²) < 4.78 is 26.0. The highest BCUT2D eigenvalue weighted by molar-refractivity contribution is 7.89. The fourth-order valence-electron chi connectivity index (χ4n) is 1.71. The predicted octanol–water partition coefficient (Wildman–Crippen LogP) is 3.37. The molecule has 7 heteroatoms. The van der Waals surface area contributed by atoms with Gasteiger partial charge in [0.15, 0.2) is 0 Å². The molecule has 1 rings (SSSR count). The van der Waals surface area contributed by atoms with Crippen molar-refractivity contribution in [2.24, 2.45) is 0 Å². The molecule has 0 saturated carbocycles. The van der Waals surface area contributed by atoms with Crippen LogP contribution < -0.4 is 0 Å². The summed E-state index contributed by atoms with van der Waals surface area (Å²) in [6, 6.07) is 4.57. The molecule has 0 unspecified atom stereocenters. The SMILES string of the molecule is CC(=O)CCCCN(C)S(=O)(=O)c1c(Cl)cccc1Cl. The Hall–Kier alpha value is -0.620. The number of unbranched alkanes of at least 4 members (excludes halogenated alkanes) is 1. The van der Waals surface area contributed by atoms with Crippen LogP contribution in [-0.2, 0) is 14.8 Å². The van der Waals surface area contributed by atoms with Gasteiger partial charge >= 0.3 is 0 Å². The van der Waals surface area contributed by atoms with Crippen LogP contribution in [0.5, 0.6) is 0 Å². The fourth-order valence-corrected chi connectivity index (χ4v) is 4.01. The van der Waals surface area contributed by atoms with Crippen molar-refractivity contribution in [2.45, 2.75) is 31.1 Å². The third-order valence-electron chi connectivity index (χ3n) is 2.84. The number of hydrogen-bond donors (Lipinski definition) is 0. The first-order valence-corrected chi connectivity index (χ1v) is 8.36. The molecular formula is C13H17Cl2NO3S. The van der Waals surface area contributed by atoms with E-state index in [1.807, 2.05) is 0 Å².